The van der Waals surface area contributed by atoms with Gasteiger partial charge in [-0.3, -0.25) is 4.99 Å². The minimum Gasteiger partial charge on any atom is -0.379 e. The Balaban J connectivity index is 4.43. The number of hydrogen-bond donors (Lipinski definition) is 2. The van der Waals surface area contributed by atoms with Crippen molar-refractivity contribution >= 4 is 15.8 Å². The van der Waals surface area contributed by atoms with E-state index in [1.165, 1.54) is 0 Å². The van der Waals surface area contributed by atoms with Crippen molar-refractivity contribution in [1.29, 1.82) is 0 Å². The van der Waals surface area contributed by atoms with Crippen molar-refractivity contribution in [2.24, 2.45) is 10.4 Å². The lowest BCUT2D eigenvalue weighted by Crippen LogP contribution is -2.46. The molecule has 0 aliphatic carbocycles. The Hall–Kier alpha value is -0.820. The highest BCUT2D eigenvalue weighted by Crippen LogP contribution is 2.20. The highest BCUT2D eigenvalue weighted by atomic mass is 32.2. The van der Waals surface area contributed by atoms with Crippen molar-refractivity contribution in [3.63, 3.8) is 0 Å². The lowest BCUT2D eigenvalue weighted by atomic mass is 9.89. The Kier molecular flexibility index (Phi) is 7.85. The highest BCUT2D eigenvalue weighted by Gasteiger charge is 2.28. The molecule has 0 spiro atoms. The number of hydrogen-bond acceptors (Lipinski definition) is 4. The van der Waals surface area contributed by atoms with Gasteiger partial charge in [-0.1, -0.05) is 20.8 Å². The summed E-state index contributed by atoms with van der Waals surface area (Å²) in [6.45, 7) is 12.4. The normalized spacial score (nSPS) is 15.5. The number of nitrogens with one attached hydrogen (secondary N) is 2. The average molecular weight is 336 g/mol. The first-order chi connectivity index (χ1) is 9.85. The minimum absolute atomic E-state index is 0.0101. The number of guanidine groups is 1. The fourth-order valence-corrected chi connectivity index (χ4v) is 2.75. The van der Waals surface area contributed by atoms with Gasteiger partial charge in [0.25, 0.3) is 0 Å². The first-order valence-corrected chi connectivity index (χ1v) is 9.20. The summed E-state index contributed by atoms with van der Waals surface area (Å²) >= 11 is 0. The van der Waals surface area contributed by atoms with E-state index in [1.807, 2.05) is 0 Å². The number of ether oxygens (including phenoxy) is 1. The largest absolute Gasteiger partial charge is 0.379 e. The van der Waals surface area contributed by atoms with Gasteiger partial charge in [0, 0.05) is 27.2 Å². The van der Waals surface area contributed by atoms with Crippen LogP contribution in [0.1, 0.15) is 41.5 Å². The molecule has 0 fully saturated rings. The molecule has 1 unspecified atom stereocenters. The van der Waals surface area contributed by atoms with E-state index < -0.39 is 14.6 Å². The van der Waals surface area contributed by atoms with Crippen LogP contribution in [0.3, 0.4) is 0 Å². The first-order valence-electron chi connectivity index (χ1n) is 7.54. The van der Waals surface area contributed by atoms with Crippen LogP contribution < -0.4 is 10.6 Å². The zero-order valence-corrected chi connectivity index (χ0v) is 16.1. The number of aliphatic imine (C=N–C) groups is 1. The molecule has 0 bridgehead atoms. The monoisotopic (exact) mass is 335 g/mol. The molecule has 6 nitrogen and oxygen atoms in total. The molecular formula is C15H33N3O3S. The van der Waals surface area contributed by atoms with Crippen molar-refractivity contribution in [2.45, 2.75) is 52.4 Å². The van der Waals surface area contributed by atoms with E-state index in [9.17, 15) is 8.42 Å². The molecule has 0 aromatic heterocycles. The molecule has 22 heavy (non-hydrogen) atoms. The predicted molar refractivity (Wildman–Crippen MR) is 93.2 cm³/mol. The smallest absolute Gasteiger partial charge is 0.191 e. The number of nitrogens with zero attached hydrogens (tertiary/aromatic N) is 1. The maximum Gasteiger partial charge on any atom is 0.191 e. The SMILES string of the molecule is CN=C(NCCS(=O)(=O)C(C)(C)C)NCC(OC)C(C)(C)C. The van der Waals surface area contributed by atoms with Crippen LogP contribution in [0.5, 0.6) is 0 Å². The summed E-state index contributed by atoms with van der Waals surface area (Å²) in [7, 11) is 0.213. The van der Waals surface area contributed by atoms with Crippen LogP contribution in [0, 0.1) is 5.41 Å². The van der Waals surface area contributed by atoms with Gasteiger partial charge in [0.2, 0.25) is 0 Å². The molecule has 0 saturated heterocycles. The molecule has 0 heterocycles. The third-order valence-electron chi connectivity index (χ3n) is 3.53. The average Bonchev–Trinajstić information content (AvgIpc) is 2.34. The van der Waals surface area contributed by atoms with E-state index >= 15 is 0 Å². The molecule has 1 atom stereocenters. The molecule has 0 rings (SSSR count). The van der Waals surface area contributed by atoms with Crippen molar-refractivity contribution in [3.05, 3.63) is 0 Å². The molecule has 0 aromatic rings. The van der Waals surface area contributed by atoms with E-state index in [0.29, 0.717) is 19.0 Å². The van der Waals surface area contributed by atoms with Gasteiger partial charge >= 0.3 is 0 Å². The zero-order valence-electron chi connectivity index (χ0n) is 15.3. The molecule has 2 N–H and O–H groups in total. The topological polar surface area (TPSA) is 79.8 Å². The van der Waals surface area contributed by atoms with Gasteiger partial charge in [-0.2, -0.15) is 0 Å². The Morgan fingerprint density at radius 3 is 2.05 bits per heavy atom. The molecule has 0 aromatic carbocycles. The predicted octanol–water partition coefficient (Wildman–Crippen LogP) is 1.43. The fraction of sp³-hybridized carbons (Fsp3) is 0.933. The second kappa shape index (κ2) is 8.15. The summed E-state index contributed by atoms with van der Waals surface area (Å²) in [5, 5.41) is 6.20. The van der Waals surface area contributed by atoms with Crippen LogP contribution in [-0.4, -0.2) is 58.2 Å². The summed E-state index contributed by atoms with van der Waals surface area (Å²) in [6.07, 6.45) is 0.0318. The lowest BCUT2D eigenvalue weighted by molar-refractivity contribution is 0.0205. The summed E-state index contributed by atoms with van der Waals surface area (Å²) in [5.41, 5.74) is 0.0101. The highest BCUT2D eigenvalue weighted by molar-refractivity contribution is 7.92. The van der Waals surface area contributed by atoms with Gasteiger partial charge in [0.05, 0.1) is 16.6 Å². The third kappa shape index (κ3) is 6.96. The second-order valence-corrected chi connectivity index (χ2v) is 10.3. The lowest BCUT2D eigenvalue weighted by Gasteiger charge is -2.30. The molecule has 0 amide bonds. The quantitative estimate of drug-likeness (QED) is 0.567. The Bertz CT molecular complexity index is 459. The Morgan fingerprint density at radius 2 is 1.68 bits per heavy atom. The molecular weight excluding hydrogens is 302 g/mol. The molecule has 0 aliphatic heterocycles. The number of rotatable bonds is 6. The summed E-state index contributed by atoms with van der Waals surface area (Å²) < 4.78 is 28.8. The van der Waals surface area contributed by atoms with E-state index in [-0.39, 0.29) is 17.3 Å². The molecule has 0 aliphatic rings. The van der Waals surface area contributed by atoms with Crippen LogP contribution in [0.25, 0.3) is 0 Å². The summed E-state index contributed by atoms with van der Waals surface area (Å²) in [6, 6.07) is 0. The molecule has 7 heteroatoms. The van der Waals surface area contributed by atoms with Crippen LogP contribution in [0.2, 0.25) is 0 Å². The maximum atomic E-state index is 12.0. The van der Waals surface area contributed by atoms with Crippen molar-refractivity contribution < 1.29 is 13.2 Å². The second-order valence-electron chi connectivity index (χ2n) is 7.40. The van der Waals surface area contributed by atoms with Crippen molar-refractivity contribution in [1.82, 2.24) is 10.6 Å². The van der Waals surface area contributed by atoms with E-state index in [4.69, 9.17) is 4.74 Å². The van der Waals surface area contributed by atoms with Crippen LogP contribution in [0.15, 0.2) is 4.99 Å². The van der Waals surface area contributed by atoms with E-state index in [2.05, 4.69) is 36.4 Å². The third-order valence-corrected chi connectivity index (χ3v) is 6.13. The summed E-state index contributed by atoms with van der Waals surface area (Å²) in [5.74, 6) is 0.653. The molecule has 0 radical (unpaired) electrons. The number of sulfone groups is 1. The summed E-state index contributed by atoms with van der Waals surface area (Å²) in [4.78, 5) is 4.10. The van der Waals surface area contributed by atoms with Gasteiger partial charge < -0.3 is 15.4 Å². The fourth-order valence-electron chi connectivity index (χ4n) is 1.76. The van der Waals surface area contributed by atoms with E-state index in [0.717, 1.165) is 0 Å². The molecule has 0 saturated carbocycles. The van der Waals surface area contributed by atoms with Gasteiger partial charge in [-0.05, 0) is 26.2 Å². The van der Waals surface area contributed by atoms with Gasteiger partial charge in [-0.15, -0.1) is 0 Å². The van der Waals surface area contributed by atoms with Crippen LogP contribution >= 0.6 is 0 Å². The van der Waals surface area contributed by atoms with Crippen LogP contribution in [0.4, 0.5) is 0 Å². The maximum absolute atomic E-state index is 12.0. The van der Waals surface area contributed by atoms with Crippen LogP contribution in [-0.2, 0) is 14.6 Å². The number of methoxy groups -OCH3 is 1. The molecule has 132 valence electrons. The standard InChI is InChI=1S/C15H33N3O3S/c1-14(2,3)12(21-8)11-18-13(16-7)17-9-10-22(19,20)15(4,5)6/h12H,9-11H2,1-8H3,(H2,16,17,18). The minimum atomic E-state index is -3.13. The zero-order chi connectivity index (χ0) is 17.6. The Labute approximate surface area is 136 Å². The Morgan fingerprint density at radius 1 is 1.14 bits per heavy atom. The van der Waals surface area contributed by atoms with E-state index in [1.54, 1.807) is 34.9 Å². The van der Waals surface area contributed by atoms with Crippen molar-refractivity contribution in [2.75, 3.05) is 33.0 Å². The van der Waals surface area contributed by atoms with Gasteiger partial charge in [0.1, 0.15) is 0 Å². The first kappa shape index (κ1) is 21.2. The van der Waals surface area contributed by atoms with Gasteiger partial charge in [-0.25, -0.2) is 8.42 Å². The van der Waals surface area contributed by atoms with Gasteiger partial charge in [0.15, 0.2) is 15.8 Å². The van der Waals surface area contributed by atoms with Crippen molar-refractivity contribution in [3.8, 4) is 0 Å².